The van der Waals surface area contributed by atoms with Crippen molar-refractivity contribution in [2.24, 2.45) is 5.92 Å². The van der Waals surface area contributed by atoms with Gasteiger partial charge in [-0.15, -0.1) is 0 Å². The van der Waals surface area contributed by atoms with Crippen molar-refractivity contribution >= 4 is 17.6 Å². The first-order valence-electron chi connectivity index (χ1n) is 7.54. The van der Waals surface area contributed by atoms with Crippen molar-refractivity contribution in [3.8, 4) is 0 Å². The van der Waals surface area contributed by atoms with Gasteiger partial charge in [-0.3, -0.25) is 9.59 Å². The van der Waals surface area contributed by atoms with Crippen LogP contribution in [0.3, 0.4) is 0 Å². The minimum Gasteiger partial charge on any atom is -0.481 e. The van der Waals surface area contributed by atoms with Crippen LogP contribution >= 0.6 is 0 Å². The van der Waals surface area contributed by atoms with Crippen molar-refractivity contribution in [3.63, 3.8) is 0 Å². The number of amides is 1. The first-order chi connectivity index (χ1) is 10.1. The number of aryl methyl sites for hydroxylation is 1. The molecule has 21 heavy (non-hydrogen) atoms. The summed E-state index contributed by atoms with van der Waals surface area (Å²) in [5, 5.41) is 15.3. The van der Waals surface area contributed by atoms with Crippen LogP contribution in [0, 0.1) is 5.92 Å². The quantitative estimate of drug-likeness (QED) is 0.795. The number of hydrogen-bond acceptors (Lipinski definition) is 3. The summed E-state index contributed by atoms with van der Waals surface area (Å²) in [5.74, 6) is -1.17. The lowest BCUT2D eigenvalue weighted by Gasteiger charge is -2.19. The largest absolute Gasteiger partial charge is 0.481 e. The van der Waals surface area contributed by atoms with E-state index in [1.165, 1.54) is 5.56 Å². The maximum atomic E-state index is 12.3. The molecular weight excluding hydrogens is 268 g/mol. The molecule has 0 aromatic heterocycles. The number of rotatable bonds is 3. The highest BCUT2D eigenvalue weighted by molar-refractivity contribution is 5.95. The molecule has 5 heteroatoms. The number of nitrogens with one attached hydrogen (secondary N) is 2. The van der Waals surface area contributed by atoms with Crippen LogP contribution in [-0.2, 0) is 11.2 Å². The Kier molecular flexibility index (Phi) is 3.82. The first-order valence-corrected chi connectivity index (χ1v) is 7.54. The molecule has 3 N–H and O–H groups in total. The summed E-state index contributed by atoms with van der Waals surface area (Å²) >= 11 is 0. The fourth-order valence-electron chi connectivity index (χ4n) is 3.22. The van der Waals surface area contributed by atoms with E-state index in [4.69, 9.17) is 5.11 Å². The number of carboxylic acids is 1. The van der Waals surface area contributed by atoms with Gasteiger partial charge in [-0.25, -0.2) is 0 Å². The smallest absolute Gasteiger partial charge is 0.306 e. The van der Waals surface area contributed by atoms with Gasteiger partial charge in [0.25, 0.3) is 5.91 Å². The molecule has 1 amide bonds. The van der Waals surface area contributed by atoms with Gasteiger partial charge in [-0.1, -0.05) is 0 Å². The number of carbonyl (C=O) groups is 2. The summed E-state index contributed by atoms with van der Waals surface area (Å²) in [6.45, 7) is 0.983. The van der Waals surface area contributed by atoms with E-state index in [1.807, 2.05) is 18.2 Å². The van der Waals surface area contributed by atoms with Gasteiger partial charge in [-0.05, 0) is 55.9 Å². The van der Waals surface area contributed by atoms with Crippen LogP contribution in [0.1, 0.15) is 41.6 Å². The van der Waals surface area contributed by atoms with E-state index in [2.05, 4.69) is 10.6 Å². The molecule has 5 nitrogen and oxygen atoms in total. The minimum atomic E-state index is -0.758. The maximum Gasteiger partial charge on any atom is 0.306 e. The summed E-state index contributed by atoms with van der Waals surface area (Å²) in [7, 11) is 0. The Labute approximate surface area is 123 Å². The Morgan fingerprint density at radius 3 is 2.90 bits per heavy atom. The molecule has 3 rings (SSSR count). The van der Waals surface area contributed by atoms with E-state index >= 15 is 0 Å². The Morgan fingerprint density at radius 2 is 2.14 bits per heavy atom. The molecule has 1 aliphatic carbocycles. The molecule has 1 aliphatic heterocycles. The average Bonchev–Trinajstić information content (AvgIpc) is 2.95. The summed E-state index contributed by atoms with van der Waals surface area (Å²) in [6.07, 6.45) is 4.01. The summed E-state index contributed by atoms with van der Waals surface area (Å²) in [6, 6.07) is 5.71. The van der Waals surface area contributed by atoms with E-state index in [1.54, 1.807) is 0 Å². The second kappa shape index (κ2) is 5.76. The third-order valence-electron chi connectivity index (χ3n) is 4.42. The monoisotopic (exact) mass is 288 g/mol. The highest BCUT2D eigenvalue weighted by Crippen LogP contribution is 2.27. The normalized spacial score (nSPS) is 24.0. The molecule has 1 heterocycles. The van der Waals surface area contributed by atoms with Crippen LogP contribution in [0.25, 0.3) is 0 Å². The van der Waals surface area contributed by atoms with Crippen molar-refractivity contribution in [2.75, 3.05) is 11.9 Å². The number of anilines is 1. The van der Waals surface area contributed by atoms with E-state index in [-0.39, 0.29) is 17.9 Å². The van der Waals surface area contributed by atoms with Gasteiger partial charge in [0.1, 0.15) is 0 Å². The molecule has 0 radical (unpaired) electrons. The molecule has 0 saturated heterocycles. The number of carbonyl (C=O) groups excluding carboxylic acids is 1. The number of hydrogen-bond donors (Lipinski definition) is 3. The van der Waals surface area contributed by atoms with Crippen LogP contribution in [-0.4, -0.2) is 29.6 Å². The van der Waals surface area contributed by atoms with E-state index in [0.29, 0.717) is 18.4 Å². The van der Waals surface area contributed by atoms with Crippen LogP contribution in [0.2, 0.25) is 0 Å². The van der Waals surface area contributed by atoms with Crippen molar-refractivity contribution < 1.29 is 14.7 Å². The Bertz CT molecular complexity index is 571. The fraction of sp³-hybridized carbons (Fsp3) is 0.500. The zero-order chi connectivity index (χ0) is 14.8. The number of fused-ring (bicyclic) bond motifs is 1. The van der Waals surface area contributed by atoms with Gasteiger partial charge >= 0.3 is 5.97 Å². The van der Waals surface area contributed by atoms with Crippen LogP contribution < -0.4 is 10.6 Å². The number of aliphatic carboxylic acids is 1. The molecule has 2 aliphatic rings. The average molecular weight is 288 g/mol. The predicted octanol–water partition coefficient (Wildman–Crippen LogP) is 2.03. The van der Waals surface area contributed by atoms with Gasteiger partial charge in [0.2, 0.25) is 0 Å². The molecule has 0 spiro atoms. The van der Waals surface area contributed by atoms with Gasteiger partial charge < -0.3 is 15.7 Å². The third-order valence-corrected chi connectivity index (χ3v) is 4.42. The molecule has 1 aromatic carbocycles. The molecule has 2 atom stereocenters. The summed E-state index contributed by atoms with van der Waals surface area (Å²) < 4.78 is 0. The van der Waals surface area contributed by atoms with E-state index < -0.39 is 5.97 Å². The zero-order valence-corrected chi connectivity index (χ0v) is 11.9. The van der Waals surface area contributed by atoms with Crippen molar-refractivity contribution in [3.05, 3.63) is 29.3 Å². The van der Waals surface area contributed by atoms with Crippen LogP contribution in [0.4, 0.5) is 5.69 Å². The SMILES string of the molecule is O=C(N[C@H]1CC[C@@H](C(=O)O)C1)c1ccc2c(c1)CCCN2. The van der Waals surface area contributed by atoms with Crippen LogP contribution in [0.15, 0.2) is 18.2 Å². The lowest BCUT2D eigenvalue weighted by Crippen LogP contribution is -2.33. The van der Waals surface area contributed by atoms with Gasteiger partial charge in [0.05, 0.1) is 5.92 Å². The molecule has 0 bridgehead atoms. The molecule has 112 valence electrons. The van der Waals surface area contributed by atoms with Gasteiger partial charge in [0.15, 0.2) is 0 Å². The van der Waals surface area contributed by atoms with E-state index in [0.717, 1.165) is 31.5 Å². The second-order valence-corrected chi connectivity index (χ2v) is 5.92. The Balaban J connectivity index is 1.65. The predicted molar refractivity (Wildman–Crippen MR) is 79.5 cm³/mol. The molecule has 1 saturated carbocycles. The van der Waals surface area contributed by atoms with Crippen molar-refractivity contribution in [1.29, 1.82) is 0 Å². The Hall–Kier alpha value is -2.04. The third kappa shape index (κ3) is 3.01. The second-order valence-electron chi connectivity index (χ2n) is 5.92. The van der Waals surface area contributed by atoms with Crippen LogP contribution in [0.5, 0.6) is 0 Å². The van der Waals surface area contributed by atoms with Crippen molar-refractivity contribution in [2.45, 2.75) is 38.1 Å². The summed E-state index contributed by atoms with van der Waals surface area (Å²) in [5.41, 5.74) is 2.96. The highest BCUT2D eigenvalue weighted by atomic mass is 16.4. The highest BCUT2D eigenvalue weighted by Gasteiger charge is 2.30. The summed E-state index contributed by atoms with van der Waals surface area (Å²) in [4.78, 5) is 23.2. The Morgan fingerprint density at radius 1 is 1.29 bits per heavy atom. The first kappa shape index (κ1) is 13.9. The number of benzene rings is 1. The molecule has 1 aromatic rings. The molecule has 1 fully saturated rings. The topological polar surface area (TPSA) is 78.4 Å². The number of carboxylic acid groups (broad SMARTS) is 1. The van der Waals surface area contributed by atoms with E-state index in [9.17, 15) is 9.59 Å². The van der Waals surface area contributed by atoms with Crippen molar-refractivity contribution in [1.82, 2.24) is 5.32 Å². The molecule has 0 unspecified atom stereocenters. The van der Waals surface area contributed by atoms with Gasteiger partial charge in [0, 0.05) is 23.8 Å². The standard InChI is InChI=1S/C16H20N2O3/c19-15(18-13-5-3-12(9-13)16(20)21)11-4-6-14-10(8-11)2-1-7-17-14/h4,6,8,12-13,17H,1-3,5,7,9H2,(H,18,19)(H,20,21)/t12-,13+/m1/s1. The van der Waals surface area contributed by atoms with Gasteiger partial charge in [-0.2, -0.15) is 0 Å². The fourth-order valence-corrected chi connectivity index (χ4v) is 3.22. The minimum absolute atomic E-state index is 0.0206. The lowest BCUT2D eigenvalue weighted by atomic mass is 10.0. The zero-order valence-electron chi connectivity index (χ0n) is 11.9. The maximum absolute atomic E-state index is 12.3. The molecular formula is C16H20N2O3. The lowest BCUT2D eigenvalue weighted by molar-refractivity contribution is -0.141.